The molecule has 1 aromatic rings. The molecule has 1 aromatic heterocycles. The highest BCUT2D eigenvalue weighted by molar-refractivity contribution is 5.81. The molecule has 19 heavy (non-hydrogen) atoms. The van der Waals surface area contributed by atoms with Crippen molar-refractivity contribution in [2.45, 2.75) is 45.6 Å². The van der Waals surface area contributed by atoms with E-state index in [0.29, 0.717) is 0 Å². The van der Waals surface area contributed by atoms with E-state index in [-0.39, 0.29) is 30.2 Å². The number of rotatable bonds is 4. The monoisotopic (exact) mass is 265 g/mol. The summed E-state index contributed by atoms with van der Waals surface area (Å²) in [6.07, 6.45) is 3.21. The Morgan fingerprint density at radius 1 is 1.47 bits per heavy atom. The van der Waals surface area contributed by atoms with E-state index in [9.17, 15) is 9.59 Å². The van der Waals surface area contributed by atoms with Crippen LogP contribution in [0.2, 0.25) is 0 Å². The fraction of sp³-hybridized carbons (Fsp3) is 0.571. The second kappa shape index (κ2) is 5.07. The molecule has 5 nitrogen and oxygen atoms in total. The highest BCUT2D eigenvalue weighted by Gasteiger charge is 2.34. The van der Waals surface area contributed by atoms with Crippen molar-refractivity contribution in [3.63, 3.8) is 0 Å². The van der Waals surface area contributed by atoms with Gasteiger partial charge in [0.1, 0.15) is 5.76 Å². The molecule has 1 aliphatic rings. The van der Waals surface area contributed by atoms with Crippen molar-refractivity contribution in [3.05, 3.63) is 23.7 Å². The van der Waals surface area contributed by atoms with Gasteiger partial charge in [-0.2, -0.15) is 0 Å². The van der Waals surface area contributed by atoms with Crippen molar-refractivity contribution >= 4 is 11.9 Å². The minimum atomic E-state index is -0.955. The van der Waals surface area contributed by atoms with Gasteiger partial charge in [0, 0.05) is 18.4 Å². The molecule has 1 atom stereocenters. The Bertz CT molecular complexity index is 489. The number of hydrogen-bond acceptors (Lipinski definition) is 3. The Labute approximate surface area is 112 Å². The fourth-order valence-electron chi connectivity index (χ4n) is 2.59. The van der Waals surface area contributed by atoms with E-state index in [4.69, 9.17) is 9.52 Å². The van der Waals surface area contributed by atoms with Crippen LogP contribution in [-0.4, -0.2) is 17.0 Å². The van der Waals surface area contributed by atoms with Crippen LogP contribution in [-0.2, 0) is 16.0 Å². The molecule has 1 heterocycles. The average Bonchev–Trinajstić information content (AvgIpc) is 2.72. The zero-order valence-corrected chi connectivity index (χ0v) is 11.2. The third-order valence-corrected chi connectivity index (χ3v) is 3.45. The number of carboxylic acid groups (broad SMARTS) is 1. The maximum atomic E-state index is 11.8. The molecule has 1 aliphatic carbocycles. The van der Waals surface area contributed by atoms with E-state index >= 15 is 0 Å². The van der Waals surface area contributed by atoms with Gasteiger partial charge in [-0.15, -0.1) is 0 Å². The number of carboxylic acids is 1. The molecule has 0 aromatic carbocycles. The highest BCUT2D eigenvalue weighted by atomic mass is 16.4. The summed E-state index contributed by atoms with van der Waals surface area (Å²) in [4.78, 5) is 22.2. The number of carbonyl (C=O) groups excluding carboxylic acids is 1. The molecule has 0 bridgehead atoms. The fourth-order valence-corrected chi connectivity index (χ4v) is 2.59. The zero-order valence-electron chi connectivity index (χ0n) is 11.2. The van der Waals surface area contributed by atoms with Crippen LogP contribution in [0.3, 0.4) is 0 Å². The second-order valence-corrected chi connectivity index (χ2v) is 5.86. The van der Waals surface area contributed by atoms with E-state index in [1.165, 1.54) is 0 Å². The minimum Gasteiger partial charge on any atom is -0.481 e. The lowest BCUT2D eigenvalue weighted by atomic mass is 9.75. The van der Waals surface area contributed by atoms with Crippen molar-refractivity contribution in [2.75, 3.05) is 0 Å². The molecule has 0 saturated heterocycles. The van der Waals surface area contributed by atoms with Crippen LogP contribution in [0.1, 0.15) is 50.5 Å². The normalized spacial score (nSPS) is 20.6. The van der Waals surface area contributed by atoms with Crippen molar-refractivity contribution in [2.24, 2.45) is 5.41 Å². The highest BCUT2D eigenvalue weighted by Crippen LogP contribution is 2.41. The van der Waals surface area contributed by atoms with Crippen LogP contribution in [0.15, 0.2) is 16.7 Å². The summed E-state index contributed by atoms with van der Waals surface area (Å²) in [5.74, 6) is -0.264. The van der Waals surface area contributed by atoms with Crippen LogP contribution in [0.4, 0.5) is 0 Å². The molecule has 0 radical (unpaired) electrons. The first kappa shape index (κ1) is 13.6. The lowest BCUT2D eigenvalue weighted by molar-refractivity contribution is -0.139. The first-order valence-corrected chi connectivity index (χ1v) is 6.45. The number of nitrogens with one attached hydrogen (secondary N) is 1. The van der Waals surface area contributed by atoms with Gasteiger partial charge < -0.3 is 14.8 Å². The lowest BCUT2D eigenvalue weighted by Crippen LogP contribution is -2.36. The van der Waals surface area contributed by atoms with E-state index in [1.807, 2.05) is 6.07 Å². The summed E-state index contributed by atoms with van der Waals surface area (Å²) >= 11 is 0. The SMILES string of the molecule is CC1(C)Cc2occc2[C@@H](NC(=O)CCC(=O)O)C1. The van der Waals surface area contributed by atoms with Crippen LogP contribution >= 0.6 is 0 Å². The van der Waals surface area contributed by atoms with Gasteiger partial charge in [-0.1, -0.05) is 13.8 Å². The van der Waals surface area contributed by atoms with E-state index in [1.54, 1.807) is 6.26 Å². The Hall–Kier alpha value is -1.78. The molecule has 5 heteroatoms. The quantitative estimate of drug-likeness (QED) is 0.875. The predicted octanol–water partition coefficient (Wildman–Crippen LogP) is 2.27. The van der Waals surface area contributed by atoms with E-state index in [2.05, 4.69) is 19.2 Å². The predicted molar refractivity (Wildman–Crippen MR) is 68.6 cm³/mol. The molecule has 1 amide bonds. The summed E-state index contributed by atoms with van der Waals surface area (Å²) in [5, 5.41) is 11.5. The van der Waals surface area contributed by atoms with Crippen molar-refractivity contribution < 1.29 is 19.1 Å². The second-order valence-electron chi connectivity index (χ2n) is 5.86. The lowest BCUT2D eigenvalue weighted by Gasteiger charge is -2.34. The smallest absolute Gasteiger partial charge is 0.303 e. The van der Waals surface area contributed by atoms with Crippen LogP contribution in [0.25, 0.3) is 0 Å². The summed E-state index contributed by atoms with van der Waals surface area (Å²) in [6.45, 7) is 4.27. The molecule has 2 N–H and O–H groups in total. The molecule has 0 aliphatic heterocycles. The first-order chi connectivity index (χ1) is 8.87. The summed E-state index contributed by atoms with van der Waals surface area (Å²) in [6, 6.07) is 1.80. The van der Waals surface area contributed by atoms with Gasteiger partial charge in [0.15, 0.2) is 0 Å². The maximum Gasteiger partial charge on any atom is 0.303 e. The molecule has 104 valence electrons. The third kappa shape index (κ3) is 3.36. The Morgan fingerprint density at radius 3 is 2.89 bits per heavy atom. The molecule has 0 fully saturated rings. The number of amides is 1. The number of hydrogen-bond donors (Lipinski definition) is 2. The van der Waals surface area contributed by atoms with Gasteiger partial charge in [0.05, 0.1) is 18.7 Å². The van der Waals surface area contributed by atoms with Gasteiger partial charge in [0.2, 0.25) is 5.91 Å². The van der Waals surface area contributed by atoms with Crippen molar-refractivity contribution in [1.29, 1.82) is 0 Å². The standard InChI is InChI=1S/C14H19NO4/c1-14(2)7-10(9-5-6-19-11(9)8-14)15-12(16)3-4-13(17)18/h5-6,10H,3-4,7-8H2,1-2H3,(H,15,16)(H,17,18)/t10-/m0/s1. The number of aliphatic carboxylic acids is 1. The Balaban J connectivity index is 2.04. The maximum absolute atomic E-state index is 11.8. The number of carbonyl (C=O) groups is 2. The largest absolute Gasteiger partial charge is 0.481 e. The minimum absolute atomic E-state index is 0.0133. The molecule has 0 saturated carbocycles. The average molecular weight is 265 g/mol. The number of furan rings is 1. The molecule has 2 rings (SSSR count). The topological polar surface area (TPSA) is 79.5 Å². The van der Waals surface area contributed by atoms with Crippen LogP contribution in [0, 0.1) is 5.41 Å². The van der Waals surface area contributed by atoms with E-state index < -0.39 is 5.97 Å². The molecular weight excluding hydrogens is 246 g/mol. The number of fused-ring (bicyclic) bond motifs is 1. The molecular formula is C14H19NO4. The zero-order chi connectivity index (χ0) is 14.0. The molecule has 0 spiro atoms. The van der Waals surface area contributed by atoms with Gasteiger partial charge in [-0.25, -0.2) is 0 Å². The van der Waals surface area contributed by atoms with Gasteiger partial charge in [0.25, 0.3) is 0 Å². The Morgan fingerprint density at radius 2 is 2.21 bits per heavy atom. The third-order valence-electron chi connectivity index (χ3n) is 3.45. The summed E-state index contributed by atoms with van der Waals surface area (Å²) in [5.41, 5.74) is 1.08. The van der Waals surface area contributed by atoms with Crippen LogP contribution < -0.4 is 5.32 Å². The van der Waals surface area contributed by atoms with Crippen molar-refractivity contribution in [3.8, 4) is 0 Å². The van der Waals surface area contributed by atoms with Crippen LogP contribution in [0.5, 0.6) is 0 Å². The van der Waals surface area contributed by atoms with Gasteiger partial charge >= 0.3 is 5.97 Å². The van der Waals surface area contributed by atoms with Gasteiger partial charge in [-0.05, 0) is 17.9 Å². The van der Waals surface area contributed by atoms with Crippen molar-refractivity contribution in [1.82, 2.24) is 5.32 Å². The summed E-state index contributed by atoms with van der Waals surface area (Å²) < 4.78 is 5.46. The first-order valence-electron chi connectivity index (χ1n) is 6.45. The van der Waals surface area contributed by atoms with E-state index in [0.717, 1.165) is 24.2 Å². The Kier molecular flexibility index (Phi) is 3.64. The molecule has 0 unspecified atom stereocenters. The summed E-state index contributed by atoms with van der Waals surface area (Å²) in [7, 11) is 0. The van der Waals surface area contributed by atoms with Gasteiger partial charge in [-0.3, -0.25) is 9.59 Å².